The highest BCUT2D eigenvalue weighted by Crippen LogP contribution is 2.16. The number of carbonyl (C=O) groups is 2. The maximum absolute atomic E-state index is 12.4. The van der Waals surface area contributed by atoms with Gasteiger partial charge in [0.15, 0.2) is 0 Å². The van der Waals surface area contributed by atoms with Gasteiger partial charge in [-0.1, -0.05) is 12.1 Å². The lowest BCUT2D eigenvalue weighted by atomic mass is 9.94. The number of hydrogen-bond donors (Lipinski definition) is 3. The van der Waals surface area contributed by atoms with Gasteiger partial charge in [0.05, 0.1) is 22.5 Å². The Bertz CT molecular complexity index is 1020. The van der Waals surface area contributed by atoms with Crippen LogP contribution in [0.3, 0.4) is 0 Å². The van der Waals surface area contributed by atoms with E-state index < -0.39 is 17.3 Å². The van der Waals surface area contributed by atoms with Crippen LogP contribution in [0.5, 0.6) is 0 Å². The van der Waals surface area contributed by atoms with Gasteiger partial charge >= 0.3 is 5.97 Å². The number of fused-ring (bicyclic) bond motifs is 3. The topological polar surface area (TPSA) is 117 Å². The van der Waals surface area contributed by atoms with Crippen LogP contribution in [-0.2, 0) is 4.79 Å². The van der Waals surface area contributed by atoms with Gasteiger partial charge in [0.1, 0.15) is 11.2 Å². The summed E-state index contributed by atoms with van der Waals surface area (Å²) in [7, 11) is 0. The summed E-state index contributed by atoms with van der Waals surface area (Å²) in [6.45, 7) is 2.98. The number of carboxylic acid groups (broad SMARTS) is 1. The van der Waals surface area contributed by atoms with E-state index in [0.717, 1.165) is 0 Å². The van der Waals surface area contributed by atoms with Crippen LogP contribution < -0.4 is 10.9 Å². The van der Waals surface area contributed by atoms with Crippen LogP contribution in [0.4, 0.5) is 0 Å². The van der Waals surface area contributed by atoms with Gasteiger partial charge < -0.3 is 15.4 Å². The number of hydrogen-bond acceptors (Lipinski definition) is 4. The van der Waals surface area contributed by atoms with E-state index in [1.165, 1.54) is 24.6 Å². The summed E-state index contributed by atoms with van der Waals surface area (Å²) in [6, 6.07) is 6.93. The summed E-state index contributed by atoms with van der Waals surface area (Å²) >= 11 is 0. The van der Waals surface area contributed by atoms with Crippen molar-refractivity contribution in [1.29, 1.82) is 0 Å². The number of H-pyrrole nitrogens is 1. The Labute approximate surface area is 136 Å². The lowest BCUT2D eigenvalue weighted by Gasteiger charge is -2.19. The van der Waals surface area contributed by atoms with E-state index in [-0.39, 0.29) is 23.3 Å². The molecule has 0 saturated heterocycles. The molecule has 1 amide bonds. The lowest BCUT2D eigenvalue weighted by Crippen LogP contribution is -2.38. The van der Waals surface area contributed by atoms with Gasteiger partial charge in [-0.25, -0.2) is 4.52 Å². The quantitative estimate of drug-likeness (QED) is 0.661. The van der Waals surface area contributed by atoms with E-state index in [4.69, 9.17) is 5.11 Å². The Morgan fingerprint density at radius 3 is 2.75 bits per heavy atom. The number of aromatic nitrogens is 3. The van der Waals surface area contributed by atoms with Crippen LogP contribution >= 0.6 is 0 Å². The van der Waals surface area contributed by atoms with Crippen LogP contribution in [-0.4, -0.2) is 38.1 Å². The number of carbonyl (C=O) groups excluding carboxylic acids is 1. The molecular formula is C16H16N4O4. The number of nitrogens with one attached hydrogen (secondary N) is 2. The van der Waals surface area contributed by atoms with Crippen molar-refractivity contribution in [1.82, 2.24) is 19.9 Å². The Morgan fingerprint density at radius 1 is 1.33 bits per heavy atom. The normalized spacial score (nSPS) is 11.8. The fourth-order valence-corrected chi connectivity index (χ4v) is 2.31. The molecule has 0 unspecified atom stereocenters. The molecule has 0 spiro atoms. The molecule has 2 heterocycles. The second kappa shape index (κ2) is 5.48. The monoisotopic (exact) mass is 328 g/mol. The third-order valence-electron chi connectivity index (χ3n) is 3.89. The lowest BCUT2D eigenvalue weighted by molar-refractivity contribution is -0.146. The number of benzene rings is 1. The molecule has 0 atom stereocenters. The highest BCUT2D eigenvalue weighted by Gasteiger charge is 2.28. The SMILES string of the molecule is CC(C)(CNC(=O)c1cnn2c1[nH]c(=O)c1ccccc12)C(=O)O. The predicted octanol–water partition coefficient (Wildman–Crippen LogP) is 1.02. The molecule has 2 aromatic heterocycles. The van der Waals surface area contributed by atoms with Crippen molar-refractivity contribution >= 4 is 28.4 Å². The van der Waals surface area contributed by atoms with Crippen molar-refractivity contribution in [2.75, 3.05) is 6.54 Å². The van der Waals surface area contributed by atoms with Crippen molar-refractivity contribution < 1.29 is 14.7 Å². The number of rotatable bonds is 4. The van der Waals surface area contributed by atoms with Gasteiger partial charge in [0.25, 0.3) is 11.5 Å². The highest BCUT2D eigenvalue weighted by atomic mass is 16.4. The Hall–Kier alpha value is -3.16. The van der Waals surface area contributed by atoms with Crippen LogP contribution in [0, 0.1) is 5.41 Å². The molecule has 3 aromatic rings. The molecule has 1 aromatic carbocycles. The molecule has 3 N–H and O–H groups in total. The third-order valence-corrected chi connectivity index (χ3v) is 3.89. The van der Waals surface area contributed by atoms with Crippen LogP contribution in [0.15, 0.2) is 35.3 Å². The Kier molecular flexibility index (Phi) is 3.59. The number of carboxylic acids is 1. The molecule has 0 aliphatic carbocycles. The van der Waals surface area contributed by atoms with Crippen molar-refractivity contribution in [3.05, 3.63) is 46.4 Å². The first-order valence-electron chi connectivity index (χ1n) is 7.31. The van der Waals surface area contributed by atoms with Crippen molar-refractivity contribution in [2.24, 2.45) is 5.41 Å². The third kappa shape index (κ3) is 2.51. The molecule has 24 heavy (non-hydrogen) atoms. The van der Waals surface area contributed by atoms with Crippen molar-refractivity contribution in [2.45, 2.75) is 13.8 Å². The molecule has 3 rings (SSSR count). The number of aliphatic carboxylic acids is 1. The molecular weight excluding hydrogens is 312 g/mol. The molecule has 8 nitrogen and oxygen atoms in total. The summed E-state index contributed by atoms with van der Waals surface area (Å²) in [5.41, 5.74) is -0.387. The van der Waals surface area contributed by atoms with Crippen molar-refractivity contribution in [3.8, 4) is 0 Å². The minimum atomic E-state index is -1.10. The number of nitrogens with zero attached hydrogens (tertiary/aromatic N) is 2. The van der Waals surface area contributed by atoms with Crippen molar-refractivity contribution in [3.63, 3.8) is 0 Å². The van der Waals surface area contributed by atoms with Gasteiger partial charge in [-0.2, -0.15) is 5.10 Å². The molecule has 0 saturated carbocycles. The van der Waals surface area contributed by atoms with Crippen LogP contribution in [0.2, 0.25) is 0 Å². The summed E-state index contributed by atoms with van der Waals surface area (Å²) in [5, 5.41) is 16.3. The van der Waals surface area contributed by atoms with Crippen LogP contribution in [0.25, 0.3) is 16.6 Å². The average molecular weight is 328 g/mol. The summed E-state index contributed by atoms with van der Waals surface area (Å²) in [5.74, 6) is -1.51. The average Bonchev–Trinajstić information content (AvgIpc) is 2.97. The van der Waals surface area contributed by atoms with Gasteiger partial charge in [-0.15, -0.1) is 0 Å². The van der Waals surface area contributed by atoms with E-state index in [1.807, 2.05) is 0 Å². The van der Waals surface area contributed by atoms with E-state index >= 15 is 0 Å². The van der Waals surface area contributed by atoms with Gasteiger partial charge in [0.2, 0.25) is 0 Å². The fourth-order valence-electron chi connectivity index (χ4n) is 2.31. The Balaban J connectivity index is 2.01. The zero-order valence-corrected chi connectivity index (χ0v) is 13.2. The standard InChI is InChI=1S/C16H16N4O4/c1-16(2,15(23)24)8-17-13(21)10-7-18-20-11-6-4-3-5-9(11)14(22)19-12(10)20/h3-7H,8H2,1-2H3,(H,17,21)(H,19,22)(H,23,24). The summed E-state index contributed by atoms with van der Waals surface area (Å²) in [6.07, 6.45) is 1.35. The maximum atomic E-state index is 12.4. The summed E-state index contributed by atoms with van der Waals surface area (Å²) in [4.78, 5) is 38.3. The molecule has 0 aliphatic rings. The summed E-state index contributed by atoms with van der Waals surface area (Å²) < 4.78 is 1.48. The highest BCUT2D eigenvalue weighted by molar-refractivity contribution is 6.00. The minimum absolute atomic E-state index is 0.0453. The molecule has 0 fully saturated rings. The van der Waals surface area contributed by atoms with Crippen LogP contribution in [0.1, 0.15) is 24.2 Å². The maximum Gasteiger partial charge on any atom is 0.310 e. The number of aromatic amines is 1. The largest absolute Gasteiger partial charge is 0.481 e. The molecule has 124 valence electrons. The minimum Gasteiger partial charge on any atom is -0.481 e. The van der Waals surface area contributed by atoms with Gasteiger partial charge in [0, 0.05) is 6.54 Å². The van der Waals surface area contributed by atoms with E-state index in [2.05, 4.69) is 15.4 Å². The van der Waals surface area contributed by atoms with E-state index in [1.54, 1.807) is 24.3 Å². The van der Waals surface area contributed by atoms with Gasteiger partial charge in [-0.3, -0.25) is 14.4 Å². The predicted molar refractivity (Wildman–Crippen MR) is 87.1 cm³/mol. The first-order chi connectivity index (χ1) is 11.3. The second-order valence-corrected chi connectivity index (χ2v) is 6.16. The fraction of sp³-hybridized carbons (Fsp3) is 0.250. The first kappa shape index (κ1) is 15.7. The molecule has 0 radical (unpaired) electrons. The number of para-hydroxylation sites is 1. The zero-order valence-electron chi connectivity index (χ0n) is 13.2. The molecule has 0 bridgehead atoms. The smallest absolute Gasteiger partial charge is 0.310 e. The zero-order chi connectivity index (χ0) is 17.5. The second-order valence-electron chi connectivity index (χ2n) is 6.16. The Morgan fingerprint density at radius 2 is 2.04 bits per heavy atom. The van der Waals surface area contributed by atoms with Gasteiger partial charge in [-0.05, 0) is 26.0 Å². The van der Waals surface area contributed by atoms with E-state index in [9.17, 15) is 14.4 Å². The first-order valence-corrected chi connectivity index (χ1v) is 7.31. The number of amides is 1. The van der Waals surface area contributed by atoms with E-state index in [0.29, 0.717) is 10.9 Å². The molecule has 8 heteroatoms. The molecule has 0 aliphatic heterocycles.